The summed E-state index contributed by atoms with van der Waals surface area (Å²) in [5.41, 5.74) is 0. The van der Waals surface area contributed by atoms with Crippen molar-refractivity contribution in [2.24, 2.45) is 59.2 Å². The Bertz CT molecular complexity index is 337. The maximum Gasteiger partial charge on any atom is -0.813 e. The second kappa shape index (κ2) is 34.5. The third-order valence-electron chi connectivity index (χ3n) is 8.39. The van der Waals surface area contributed by atoms with Crippen molar-refractivity contribution in [1.82, 2.24) is 0 Å². The van der Waals surface area contributed by atoms with Crippen LogP contribution in [0.5, 0.6) is 0 Å². The number of rotatable bonds is 0. The second-order valence-corrected chi connectivity index (χ2v) is 17.2. The molecule has 0 saturated heterocycles. The molecule has 8 unspecified atom stereocenters. The van der Waals surface area contributed by atoms with Gasteiger partial charge < -0.3 is 27.0 Å². The van der Waals surface area contributed by atoms with Gasteiger partial charge in [0.25, 0.3) is 0 Å². The molecule has 34 heavy (non-hydrogen) atoms. The van der Waals surface area contributed by atoms with Crippen molar-refractivity contribution in [3.63, 3.8) is 0 Å². The van der Waals surface area contributed by atoms with E-state index in [9.17, 15) is 0 Å². The van der Waals surface area contributed by atoms with Gasteiger partial charge in [0.05, 0.1) is 0 Å². The summed E-state index contributed by atoms with van der Waals surface area (Å²) in [6.07, 6.45) is 2.87. The van der Waals surface area contributed by atoms with Crippen LogP contribution < -0.4 is 0 Å². The monoisotopic (exact) mass is 1030 g/mol. The largest absolute Gasteiger partial charge is 0.813 e. The van der Waals surface area contributed by atoms with E-state index < -0.39 is 38.7 Å². The van der Waals surface area contributed by atoms with Gasteiger partial charge in [0, 0.05) is 0 Å². The van der Waals surface area contributed by atoms with Crippen LogP contribution in [0, 0.1) is 59.2 Å². The summed E-state index contributed by atoms with van der Waals surface area (Å²) in [7, 11) is 28.8. The molecule has 0 nitrogen and oxygen atoms in total. The fourth-order valence-electron chi connectivity index (χ4n) is 5.06. The van der Waals surface area contributed by atoms with Gasteiger partial charge in [-0.2, -0.15) is 0 Å². The molecule has 0 amide bonds. The summed E-state index contributed by atoms with van der Waals surface area (Å²) >= 11 is 2.23. The molecule has 2 radical (unpaired) electrons. The number of halogens is 6. The maximum absolute atomic E-state index is 4.91. The molecule has 0 aromatic carbocycles. The molecular formula is C22H46Cl6Ru2S2Sb2. The zero-order valence-electron chi connectivity index (χ0n) is 22.0. The minimum atomic E-state index is -0.706. The predicted octanol–water partition coefficient (Wildman–Crippen LogP) is 9.97. The van der Waals surface area contributed by atoms with E-state index in [2.05, 4.69) is 88.6 Å². The summed E-state index contributed by atoms with van der Waals surface area (Å²) in [6, 6.07) is 0. The van der Waals surface area contributed by atoms with Crippen LogP contribution in [-0.2, 0) is 61.6 Å². The van der Waals surface area contributed by atoms with Crippen LogP contribution in [-0.4, -0.2) is 38.7 Å². The normalized spacial score (nSPS) is 35.5. The second-order valence-electron chi connectivity index (χ2n) is 9.66. The van der Waals surface area contributed by atoms with Crippen molar-refractivity contribution in [2.75, 3.05) is 0 Å². The summed E-state index contributed by atoms with van der Waals surface area (Å²) in [5, 5.41) is 0. The van der Waals surface area contributed by atoms with Gasteiger partial charge in [0.2, 0.25) is 0 Å². The van der Waals surface area contributed by atoms with Gasteiger partial charge in [-0.3, -0.25) is 0 Å². The average Bonchev–Trinajstić information content (AvgIpc) is 2.78. The van der Waals surface area contributed by atoms with E-state index in [0.717, 1.165) is 59.2 Å². The molecule has 0 aromatic rings. The first-order valence-corrected chi connectivity index (χ1v) is 28.4. The molecule has 0 spiro atoms. The number of hydrogen-bond donors (Lipinski definition) is 0. The molecule has 2 fully saturated rings. The van der Waals surface area contributed by atoms with E-state index in [1.54, 1.807) is 0 Å². The first-order valence-electron chi connectivity index (χ1n) is 11.0. The fraction of sp³-hybridized carbons (Fsp3) is 1.00. The molecule has 2 aliphatic rings. The third kappa shape index (κ3) is 24.0. The number of thiol groups is 2. The van der Waals surface area contributed by atoms with Crippen LogP contribution in [0.15, 0.2) is 0 Å². The molecule has 214 valence electrons. The van der Waals surface area contributed by atoms with Gasteiger partial charge >= 0.3 is 128 Å². The van der Waals surface area contributed by atoms with Crippen LogP contribution in [0.3, 0.4) is 0 Å². The van der Waals surface area contributed by atoms with Crippen molar-refractivity contribution in [1.29, 1.82) is 0 Å². The van der Waals surface area contributed by atoms with E-state index in [0.29, 0.717) is 0 Å². The maximum atomic E-state index is 4.91. The van der Waals surface area contributed by atoms with Crippen LogP contribution in [0.4, 0.5) is 0 Å². The van der Waals surface area contributed by atoms with Crippen LogP contribution in [0.1, 0.15) is 82.1 Å². The van der Waals surface area contributed by atoms with Gasteiger partial charge in [-0.1, -0.05) is 69.2 Å². The molecule has 0 aliphatic heterocycles. The van der Waals surface area contributed by atoms with Crippen molar-refractivity contribution >= 4 is 120 Å². The van der Waals surface area contributed by atoms with Crippen molar-refractivity contribution in [3.05, 3.63) is 0 Å². The van der Waals surface area contributed by atoms with Crippen LogP contribution in [0.25, 0.3) is 0 Å². The Morgan fingerprint density at radius 1 is 0.412 bits per heavy atom. The van der Waals surface area contributed by atoms with Crippen molar-refractivity contribution in [2.45, 2.75) is 82.1 Å². The molecule has 8 atom stereocenters. The topological polar surface area (TPSA) is 0 Å². The van der Waals surface area contributed by atoms with E-state index in [1.807, 2.05) is 34.6 Å². The Balaban J connectivity index is -0.0000000804. The predicted molar refractivity (Wildman–Crippen MR) is 165 cm³/mol. The van der Waals surface area contributed by atoms with Gasteiger partial charge in [0.1, 0.15) is 0 Å². The van der Waals surface area contributed by atoms with Crippen LogP contribution in [0.2, 0.25) is 0 Å². The zero-order valence-corrected chi connectivity index (χ0v) is 36.9. The SMILES string of the molecule is CC1CC(C)C(C)C(C)C1C.CC1CC(C)C(C)C(C)C1C.[Cl][Ru+].[Cl][Ru+].[Cl][Sb][Cl].[Cl][Sb][Cl].[SH-].[SH-]. The van der Waals surface area contributed by atoms with Gasteiger partial charge in [0.15, 0.2) is 0 Å². The summed E-state index contributed by atoms with van der Waals surface area (Å²) in [4.78, 5) is 0. The molecule has 0 aromatic heterocycles. The van der Waals surface area contributed by atoms with E-state index in [4.69, 9.17) is 35.3 Å². The van der Waals surface area contributed by atoms with Gasteiger partial charge in [-0.25, -0.2) is 0 Å². The molecule has 12 heteroatoms. The molecule has 0 bridgehead atoms. The van der Waals surface area contributed by atoms with Gasteiger partial charge in [-0.15, -0.1) is 0 Å². The first-order chi connectivity index (χ1) is 14.9. The third-order valence-corrected chi connectivity index (χ3v) is 8.39. The summed E-state index contributed by atoms with van der Waals surface area (Å²) in [5.74, 6) is 9.34. The molecule has 2 aliphatic carbocycles. The molecular weight excluding hydrogens is 987 g/mol. The van der Waals surface area contributed by atoms with Crippen molar-refractivity contribution in [3.8, 4) is 0 Å². The molecule has 2 rings (SSSR count). The Kier molecular flexibility index (Phi) is 52.8. The molecule has 0 heterocycles. The Labute approximate surface area is 291 Å². The van der Waals surface area contributed by atoms with E-state index >= 15 is 0 Å². The average molecular weight is 1030 g/mol. The van der Waals surface area contributed by atoms with Crippen molar-refractivity contribution < 1.29 is 34.6 Å². The zero-order chi connectivity index (χ0) is 26.6. The Morgan fingerprint density at radius 3 is 0.647 bits per heavy atom. The summed E-state index contributed by atoms with van der Waals surface area (Å²) in [6.45, 7) is 24.1. The summed E-state index contributed by atoms with van der Waals surface area (Å²) < 4.78 is 0. The fourth-order valence-corrected chi connectivity index (χ4v) is 5.06. The molecule has 2 saturated carbocycles. The minimum absolute atomic E-state index is 0. The minimum Gasteiger partial charge on any atom is -0.813 e. The van der Waals surface area contributed by atoms with E-state index in [1.165, 1.54) is 12.8 Å². The Hall–Kier alpha value is 5.32. The van der Waals surface area contributed by atoms with E-state index in [-0.39, 0.29) is 27.0 Å². The first kappa shape index (κ1) is 52.0. The standard InChI is InChI=1S/2C11H22.6ClH.2Ru.2H2S.2Sb/c2*1-7-6-8(2)10(4)11(5)9(7)3;;;;;;;;;;;;/h2*7-11H,6H2,1-5H3;6*1H;;;2*1H2;;/q;;;;;;;;2*+2;;;2*+2/p-8. The molecule has 0 N–H and O–H groups in total. The quantitative estimate of drug-likeness (QED) is 0.135. The van der Waals surface area contributed by atoms with Gasteiger partial charge in [-0.05, 0) is 72.0 Å². The van der Waals surface area contributed by atoms with Crippen LogP contribution >= 0.6 is 54.7 Å². The number of hydrogen-bond acceptors (Lipinski definition) is 2. The Morgan fingerprint density at radius 2 is 0.529 bits per heavy atom. The smallest absolute Gasteiger partial charge is 0.813 e.